The van der Waals surface area contributed by atoms with E-state index in [1.807, 2.05) is 11.8 Å². The van der Waals surface area contributed by atoms with Gasteiger partial charge in [0.1, 0.15) is 0 Å². The molecule has 0 atom stereocenters. The molecule has 1 aromatic carbocycles. The van der Waals surface area contributed by atoms with Crippen LogP contribution < -0.4 is 5.73 Å². The lowest BCUT2D eigenvalue weighted by Gasteiger charge is -2.23. The zero-order valence-corrected chi connectivity index (χ0v) is 13.5. The molecule has 0 amide bonds. The second-order valence-electron chi connectivity index (χ2n) is 5.07. The van der Waals surface area contributed by atoms with Gasteiger partial charge in [0.2, 0.25) is 0 Å². The van der Waals surface area contributed by atoms with E-state index in [0.717, 1.165) is 31.8 Å². The summed E-state index contributed by atoms with van der Waals surface area (Å²) in [6.07, 6.45) is 0.818. The van der Waals surface area contributed by atoms with Gasteiger partial charge in [0.25, 0.3) is 0 Å². The zero-order valence-electron chi connectivity index (χ0n) is 11.8. The van der Waals surface area contributed by atoms with Crippen molar-refractivity contribution >= 4 is 29.0 Å². The molecule has 1 rings (SSSR count). The lowest BCUT2D eigenvalue weighted by atomic mass is 10.2. The Morgan fingerprint density at radius 2 is 1.95 bits per heavy atom. The smallest absolute Gasteiger partial charge is 0.0740 e. The summed E-state index contributed by atoms with van der Waals surface area (Å²) in [5, 5.41) is 0. The van der Waals surface area contributed by atoms with E-state index in [9.17, 15) is 0 Å². The number of rotatable bonds is 9. The number of benzene rings is 1. The van der Waals surface area contributed by atoms with Crippen molar-refractivity contribution in [3.8, 4) is 0 Å². The van der Waals surface area contributed by atoms with Crippen LogP contribution in [0.4, 0.5) is 0 Å². The Morgan fingerprint density at radius 1 is 1.26 bits per heavy atom. The van der Waals surface area contributed by atoms with Crippen LogP contribution in [0.3, 0.4) is 0 Å². The van der Waals surface area contributed by atoms with Crippen LogP contribution in [0.2, 0.25) is 0 Å². The van der Waals surface area contributed by atoms with Crippen molar-refractivity contribution in [2.45, 2.75) is 25.2 Å². The summed E-state index contributed by atoms with van der Waals surface area (Å²) in [6, 6.07) is 10.5. The number of thioether (sulfide) groups is 1. The Balaban J connectivity index is 2.33. The molecule has 2 N–H and O–H groups in total. The zero-order chi connectivity index (χ0) is 14.1. The highest BCUT2D eigenvalue weighted by Crippen LogP contribution is 2.17. The highest BCUT2D eigenvalue weighted by molar-refractivity contribution is 7.99. The van der Waals surface area contributed by atoms with E-state index in [0.29, 0.717) is 10.9 Å². The summed E-state index contributed by atoms with van der Waals surface area (Å²) < 4.78 is 0. The summed E-state index contributed by atoms with van der Waals surface area (Å²) in [5.41, 5.74) is 5.59. The monoisotopic (exact) mass is 296 g/mol. The molecule has 0 bridgehead atoms. The van der Waals surface area contributed by atoms with E-state index in [1.54, 1.807) is 0 Å². The summed E-state index contributed by atoms with van der Waals surface area (Å²) in [6.45, 7) is 7.66. The van der Waals surface area contributed by atoms with E-state index in [-0.39, 0.29) is 0 Å². The largest absolute Gasteiger partial charge is 0.393 e. The van der Waals surface area contributed by atoms with Gasteiger partial charge in [0.15, 0.2) is 0 Å². The third-order valence-corrected chi connectivity index (χ3v) is 3.91. The Kier molecular flexibility index (Phi) is 8.10. The number of hydrogen-bond donors (Lipinski definition) is 1. The number of hydrogen-bond acceptors (Lipinski definition) is 3. The first-order valence-electron chi connectivity index (χ1n) is 6.76. The maximum Gasteiger partial charge on any atom is 0.0740 e. The number of thiocarbonyl (C=S) groups is 1. The van der Waals surface area contributed by atoms with Crippen molar-refractivity contribution in [2.75, 3.05) is 25.4 Å². The Labute approximate surface area is 126 Å². The van der Waals surface area contributed by atoms with Crippen molar-refractivity contribution in [3.05, 3.63) is 30.3 Å². The fourth-order valence-corrected chi connectivity index (χ4v) is 2.91. The third-order valence-electron chi connectivity index (χ3n) is 2.72. The van der Waals surface area contributed by atoms with Gasteiger partial charge in [-0.05, 0) is 18.1 Å². The van der Waals surface area contributed by atoms with Crippen LogP contribution in [0.5, 0.6) is 0 Å². The molecular formula is C15H24N2S2. The predicted molar refractivity (Wildman–Crippen MR) is 89.8 cm³/mol. The Morgan fingerprint density at radius 3 is 2.53 bits per heavy atom. The molecule has 0 aromatic heterocycles. The van der Waals surface area contributed by atoms with E-state index < -0.39 is 0 Å². The lowest BCUT2D eigenvalue weighted by molar-refractivity contribution is 0.265. The van der Waals surface area contributed by atoms with Crippen molar-refractivity contribution in [3.63, 3.8) is 0 Å². The first-order chi connectivity index (χ1) is 9.08. The third kappa shape index (κ3) is 8.24. The van der Waals surface area contributed by atoms with Crippen molar-refractivity contribution in [1.29, 1.82) is 0 Å². The predicted octanol–water partition coefficient (Wildman–Crippen LogP) is 3.41. The van der Waals surface area contributed by atoms with E-state index >= 15 is 0 Å². The minimum atomic E-state index is 0.615. The molecule has 0 heterocycles. The maximum absolute atomic E-state index is 5.59. The summed E-state index contributed by atoms with van der Waals surface area (Å²) in [4.78, 5) is 4.41. The second kappa shape index (κ2) is 9.34. The summed E-state index contributed by atoms with van der Waals surface area (Å²) in [7, 11) is 0. The Hall–Kier alpha value is -0.580. The van der Waals surface area contributed by atoms with Gasteiger partial charge in [-0.2, -0.15) is 0 Å². The molecule has 0 saturated heterocycles. The van der Waals surface area contributed by atoms with Gasteiger partial charge < -0.3 is 10.6 Å². The van der Waals surface area contributed by atoms with Gasteiger partial charge in [-0.25, -0.2) is 0 Å². The molecule has 19 heavy (non-hydrogen) atoms. The van der Waals surface area contributed by atoms with Crippen LogP contribution in [0.1, 0.15) is 20.3 Å². The number of nitrogens with two attached hydrogens (primary N) is 1. The van der Waals surface area contributed by atoms with Gasteiger partial charge in [0, 0.05) is 36.7 Å². The van der Waals surface area contributed by atoms with Crippen molar-refractivity contribution < 1.29 is 0 Å². The molecule has 0 fully saturated rings. The average Bonchev–Trinajstić information content (AvgIpc) is 2.36. The molecule has 0 aliphatic rings. The molecule has 0 unspecified atom stereocenters. The molecule has 2 nitrogen and oxygen atoms in total. The van der Waals surface area contributed by atoms with E-state index in [2.05, 4.69) is 49.1 Å². The van der Waals surface area contributed by atoms with Crippen LogP contribution in [0.15, 0.2) is 35.2 Å². The van der Waals surface area contributed by atoms with Gasteiger partial charge in [-0.3, -0.25) is 0 Å². The van der Waals surface area contributed by atoms with Crippen LogP contribution in [0, 0.1) is 5.92 Å². The lowest BCUT2D eigenvalue weighted by Crippen LogP contribution is -2.32. The molecule has 0 aliphatic carbocycles. The minimum Gasteiger partial charge on any atom is -0.393 e. The molecule has 0 saturated carbocycles. The van der Waals surface area contributed by atoms with Crippen LogP contribution in [-0.2, 0) is 0 Å². The molecular weight excluding hydrogens is 272 g/mol. The second-order valence-corrected chi connectivity index (χ2v) is 6.76. The van der Waals surface area contributed by atoms with Crippen LogP contribution >= 0.6 is 24.0 Å². The van der Waals surface area contributed by atoms with Gasteiger partial charge >= 0.3 is 0 Å². The average molecular weight is 297 g/mol. The highest BCUT2D eigenvalue weighted by Gasteiger charge is 2.07. The molecule has 106 valence electrons. The molecule has 0 spiro atoms. The highest BCUT2D eigenvalue weighted by atomic mass is 32.2. The van der Waals surface area contributed by atoms with Gasteiger partial charge in [-0.15, -0.1) is 11.8 Å². The van der Waals surface area contributed by atoms with E-state index in [1.165, 1.54) is 4.90 Å². The first kappa shape index (κ1) is 16.5. The molecule has 4 heteroatoms. The maximum atomic E-state index is 5.59. The summed E-state index contributed by atoms with van der Waals surface area (Å²) in [5.74, 6) is 1.78. The van der Waals surface area contributed by atoms with Crippen LogP contribution in [0.25, 0.3) is 0 Å². The van der Waals surface area contributed by atoms with Crippen molar-refractivity contribution in [1.82, 2.24) is 4.90 Å². The quantitative estimate of drug-likeness (QED) is 0.558. The Bertz CT molecular complexity index is 366. The van der Waals surface area contributed by atoms with E-state index in [4.69, 9.17) is 18.0 Å². The fraction of sp³-hybridized carbons (Fsp3) is 0.533. The first-order valence-corrected chi connectivity index (χ1v) is 8.16. The normalized spacial score (nSPS) is 11.2. The fourth-order valence-electron chi connectivity index (χ4n) is 1.89. The van der Waals surface area contributed by atoms with Gasteiger partial charge in [-0.1, -0.05) is 44.3 Å². The van der Waals surface area contributed by atoms with Gasteiger partial charge in [0.05, 0.1) is 4.99 Å². The standard InChI is InChI=1S/C15H24N2S2/c1-13(2)12-17(9-8-15(16)18)10-11-19-14-6-4-3-5-7-14/h3-7,13H,8-12H2,1-2H3,(H2,16,18). The molecule has 0 aliphatic heterocycles. The van der Waals surface area contributed by atoms with Crippen molar-refractivity contribution in [2.24, 2.45) is 11.7 Å². The minimum absolute atomic E-state index is 0.615. The summed E-state index contributed by atoms with van der Waals surface area (Å²) >= 11 is 6.87. The number of nitrogens with zero attached hydrogens (tertiary/aromatic N) is 1. The SMILES string of the molecule is CC(C)CN(CCSc1ccccc1)CCC(N)=S. The molecule has 1 aromatic rings. The van der Waals surface area contributed by atoms with Crippen LogP contribution in [-0.4, -0.2) is 35.3 Å². The molecule has 0 radical (unpaired) electrons. The topological polar surface area (TPSA) is 29.3 Å².